The van der Waals surface area contributed by atoms with Crippen LogP contribution >= 0.6 is 0 Å². The van der Waals surface area contributed by atoms with E-state index in [2.05, 4.69) is 11.9 Å². The maximum atomic E-state index is 6.04. The highest BCUT2D eigenvalue weighted by molar-refractivity contribution is 5.79. The molecule has 0 bridgehead atoms. The number of hydrogen-bond donors (Lipinski definition) is 1. The van der Waals surface area contributed by atoms with E-state index in [-0.39, 0.29) is 5.60 Å². The molecule has 0 amide bonds. The van der Waals surface area contributed by atoms with Gasteiger partial charge in [-0.2, -0.15) is 0 Å². The largest absolute Gasteiger partial charge is 0.497 e. The lowest BCUT2D eigenvalue weighted by atomic mass is 10.0. The Kier molecular flexibility index (Phi) is 2.86. The first-order valence-corrected chi connectivity index (χ1v) is 6.55. The average molecular weight is 261 g/mol. The van der Waals surface area contributed by atoms with Gasteiger partial charge < -0.3 is 19.8 Å². The molecule has 1 aliphatic rings. The molecule has 1 unspecified atom stereocenters. The topological polar surface area (TPSA) is 62.3 Å². The van der Waals surface area contributed by atoms with Crippen LogP contribution in [-0.2, 0) is 11.3 Å². The Balaban J connectivity index is 2.00. The Hall–Kier alpha value is -1.75. The fourth-order valence-corrected chi connectivity index (χ4v) is 2.72. The number of methoxy groups -OCH3 is 1. The molecule has 2 N–H and O–H groups in total. The van der Waals surface area contributed by atoms with Crippen molar-refractivity contribution in [1.29, 1.82) is 0 Å². The van der Waals surface area contributed by atoms with E-state index in [1.165, 1.54) is 0 Å². The van der Waals surface area contributed by atoms with Crippen molar-refractivity contribution in [2.45, 2.75) is 31.9 Å². The quantitative estimate of drug-likeness (QED) is 0.920. The number of benzene rings is 1. The second-order valence-electron chi connectivity index (χ2n) is 5.31. The molecular weight excluding hydrogens is 242 g/mol. The third kappa shape index (κ3) is 2.14. The van der Waals surface area contributed by atoms with Crippen molar-refractivity contribution < 1.29 is 9.47 Å². The summed E-state index contributed by atoms with van der Waals surface area (Å²) in [4.78, 5) is 4.40. The van der Waals surface area contributed by atoms with Crippen molar-refractivity contribution in [3.05, 3.63) is 18.2 Å². The molecule has 1 aliphatic heterocycles. The summed E-state index contributed by atoms with van der Waals surface area (Å²) >= 11 is 0. The third-order valence-electron chi connectivity index (χ3n) is 3.78. The van der Waals surface area contributed by atoms with Gasteiger partial charge in [0.05, 0.1) is 30.3 Å². The van der Waals surface area contributed by atoms with Gasteiger partial charge in [-0.25, -0.2) is 4.98 Å². The number of ether oxygens (including phenoxy) is 2. The Bertz CT molecular complexity index is 600. The molecule has 102 valence electrons. The van der Waals surface area contributed by atoms with E-state index in [0.717, 1.165) is 42.8 Å². The number of hydrogen-bond acceptors (Lipinski definition) is 4. The number of nitrogen functional groups attached to an aromatic ring is 1. The second kappa shape index (κ2) is 4.42. The molecule has 0 radical (unpaired) electrons. The summed E-state index contributed by atoms with van der Waals surface area (Å²) in [6.45, 7) is 3.70. The molecule has 2 aromatic rings. The number of rotatable bonds is 3. The minimum absolute atomic E-state index is 0.137. The fraction of sp³-hybridized carbons (Fsp3) is 0.500. The molecule has 1 fully saturated rings. The molecule has 1 aromatic heterocycles. The van der Waals surface area contributed by atoms with E-state index >= 15 is 0 Å². The maximum Gasteiger partial charge on any atom is 0.201 e. The highest BCUT2D eigenvalue weighted by Crippen LogP contribution is 2.30. The first kappa shape index (κ1) is 12.3. The Labute approximate surface area is 112 Å². The highest BCUT2D eigenvalue weighted by atomic mass is 16.5. The van der Waals surface area contributed by atoms with Crippen LogP contribution in [0, 0.1) is 0 Å². The predicted octanol–water partition coefficient (Wildman–Crippen LogP) is 2.20. The summed E-state index contributed by atoms with van der Waals surface area (Å²) in [5, 5.41) is 0. The van der Waals surface area contributed by atoms with E-state index in [1.54, 1.807) is 7.11 Å². The summed E-state index contributed by atoms with van der Waals surface area (Å²) in [6.07, 6.45) is 2.17. The smallest absolute Gasteiger partial charge is 0.201 e. The zero-order valence-corrected chi connectivity index (χ0v) is 11.3. The van der Waals surface area contributed by atoms with Crippen LogP contribution in [-0.4, -0.2) is 28.9 Å². The molecule has 0 aliphatic carbocycles. The molecule has 1 aromatic carbocycles. The molecule has 3 rings (SSSR count). The number of anilines is 1. The molecule has 5 heteroatoms. The van der Waals surface area contributed by atoms with Crippen molar-refractivity contribution in [3.63, 3.8) is 0 Å². The highest BCUT2D eigenvalue weighted by Gasteiger charge is 2.31. The zero-order valence-electron chi connectivity index (χ0n) is 11.3. The maximum absolute atomic E-state index is 6.04. The molecule has 1 atom stereocenters. The lowest BCUT2D eigenvalue weighted by Gasteiger charge is -2.24. The first-order chi connectivity index (χ1) is 9.11. The van der Waals surface area contributed by atoms with Gasteiger partial charge in [-0.1, -0.05) is 0 Å². The molecule has 0 saturated carbocycles. The molecule has 1 saturated heterocycles. The minimum atomic E-state index is -0.137. The lowest BCUT2D eigenvalue weighted by molar-refractivity contribution is 0.00750. The van der Waals surface area contributed by atoms with Crippen LogP contribution in [0.1, 0.15) is 19.8 Å². The zero-order chi connectivity index (χ0) is 13.5. The van der Waals surface area contributed by atoms with E-state index in [0.29, 0.717) is 5.95 Å². The van der Waals surface area contributed by atoms with Crippen molar-refractivity contribution in [2.75, 3.05) is 19.5 Å². The first-order valence-electron chi connectivity index (χ1n) is 6.55. The number of fused-ring (bicyclic) bond motifs is 1. The number of nitrogens with two attached hydrogens (primary N) is 1. The number of imidazole rings is 1. The molecule has 2 heterocycles. The standard InChI is InChI=1S/C14H19N3O2/c1-14(6-3-7-19-14)9-17-12-5-4-10(18-2)8-11(12)16-13(17)15/h4-5,8H,3,6-7,9H2,1-2H3,(H2,15,16). The van der Waals surface area contributed by atoms with Gasteiger partial charge in [0.15, 0.2) is 0 Å². The van der Waals surface area contributed by atoms with Crippen molar-refractivity contribution in [2.24, 2.45) is 0 Å². The van der Waals surface area contributed by atoms with Crippen LogP contribution < -0.4 is 10.5 Å². The van der Waals surface area contributed by atoms with Crippen LogP contribution in [0.5, 0.6) is 5.75 Å². The third-order valence-corrected chi connectivity index (χ3v) is 3.78. The molecular formula is C14H19N3O2. The van der Waals surface area contributed by atoms with Gasteiger partial charge in [-0.3, -0.25) is 0 Å². The van der Waals surface area contributed by atoms with Gasteiger partial charge in [-0.05, 0) is 31.9 Å². The van der Waals surface area contributed by atoms with Gasteiger partial charge in [0.2, 0.25) is 5.95 Å². The molecule has 5 nitrogen and oxygen atoms in total. The Morgan fingerprint density at radius 3 is 3.05 bits per heavy atom. The lowest BCUT2D eigenvalue weighted by Crippen LogP contribution is -2.30. The summed E-state index contributed by atoms with van der Waals surface area (Å²) in [7, 11) is 1.65. The van der Waals surface area contributed by atoms with Crippen LogP contribution in [0.2, 0.25) is 0 Å². The Morgan fingerprint density at radius 2 is 2.37 bits per heavy atom. The monoisotopic (exact) mass is 261 g/mol. The second-order valence-corrected chi connectivity index (χ2v) is 5.31. The van der Waals surface area contributed by atoms with Gasteiger partial charge in [0.1, 0.15) is 5.75 Å². The van der Waals surface area contributed by atoms with Crippen LogP contribution in [0.4, 0.5) is 5.95 Å². The molecule has 0 spiro atoms. The van der Waals surface area contributed by atoms with Crippen molar-refractivity contribution in [1.82, 2.24) is 9.55 Å². The van der Waals surface area contributed by atoms with E-state index in [9.17, 15) is 0 Å². The molecule has 19 heavy (non-hydrogen) atoms. The fourth-order valence-electron chi connectivity index (χ4n) is 2.72. The Morgan fingerprint density at radius 1 is 1.53 bits per heavy atom. The van der Waals surface area contributed by atoms with Crippen LogP contribution in [0.25, 0.3) is 11.0 Å². The summed E-state index contributed by atoms with van der Waals surface area (Å²) in [5.41, 5.74) is 7.78. The van der Waals surface area contributed by atoms with Crippen LogP contribution in [0.15, 0.2) is 18.2 Å². The number of aromatic nitrogens is 2. The average Bonchev–Trinajstić information content (AvgIpc) is 2.95. The minimum Gasteiger partial charge on any atom is -0.497 e. The van der Waals surface area contributed by atoms with Crippen LogP contribution in [0.3, 0.4) is 0 Å². The van der Waals surface area contributed by atoms with E-state index in [4.69, 9.17) is 15.2 Å². The SMILES string of the molecule is COc1ccc2c(c1)nc(N)n2CC1(C)CCCO1. The van der Waals surface area contributed by atoms with E-state index < -0.39 is 0 Å². The number of nitrogens with zero attached hydrogens (tertiary/aromatic N) is 2. The van der Waals surface area contributed by atoms with Gasteiger partial charge in [-0.15, -0.1) is 0 Å². The normalized spacial score (nSPS) is 23.1. The summed E-state index contributed by atoms with van der Waals surface area (Å²) in [6, 6.07) is 5.83. The van der Waals surface area contributed by atoms with E-state index in [1.807, 2.05) is 22.8 Å². The van der Waals surface area contributed by atoms with Gasteiger partial charge >= 0.3 is 0 Å². The van der Waals surface area contributed by atoms with Gasteiger partial charge in [0.25, 0.3) is 0 Å². The predicted molar refractivity (Wildman–Crippen MR) is 74.3 cm³/mol. The summed E-state index contributed by atoms with van der Waals surface area (Å²) < 4.78 is 13.1. The summed E-state index contributed by atoms with van der Waals surface area (Å²) in [5.74, 6) is 1.32. The van der Waals surface area contributed by atoms with Crippen molar-refractivity contribution >= 4 is 17.0 Å². The van der Waals surface area contributed by atoms with Gasteiger partial charge in [0, 0.05) is 12.7 Å². The van der Waals surface area contributed by atoms with Crippen molar-refractivity contribution in [3.8, 4) is 5.75 Å².